The standard InChI is InChI=1S/C24H40O5/c1-10-11-12-24(16(2)29-27,21(26)28-9)15-17-13-18(22(3,4)5)20(25)19(14-17)23(6,7)8/h13-14,16,25,27H,10-12,15H2,1-9H3. The zero-order valence-corrected chi connectivity index (χ0v) is 19.7. The Kier molecular flexibility index (Phi) is 8.32. The number of phenolic OH excluding ortho intramolecular Hbond substituents is 1. The van der Waals surface area contributed by atoms with E-state index in [1.54, 1.807) is 6.92 Å². The second-order valence-corrected chi connectivity index (χ2v) is 10.2. The molecule has 0 amide bonds. The van der Waals surface area contributed by atoms with E-state index in [2.05, 4.69) is 53.4 Å². The van der Waals surface area contributed by atoms with Crippen LogP contribution in [0, 0.1) is 5.41 Å². The molecule has 0 spiro atoms. The Morgan fingerprint density at radius 2 is 1.55 bits per heavy atom. The Hall–Kier alpha value is -1.59. The van der Waals surface area contributed by atoms with Gasteiger partial charge in [0.25, 0.3) is 0 Å². The number of methoxy groups -OCH3 is 1. The largest absolute Gasteiger partial charge is 0.507 e. The second kappa shape index (κ2) is 9.48. The van der Waals surface area contributed by atoms with E-state index in [-0.39, 0.29) is 10.8 Å². The van der Waals surface area contributed by atoms with Crippen LogP contribution in [0.5, 0.6) is 5.75 Å². The van der Waals surface area contributed by atoms with Gasteiger partial charge in [0.05, 0.1) is 7.11 Å². The van der Waals surface area contributed by atoms with Crippen LogP contribution < -0.4 is 0 Å². The second-order valence-electron chi connectivity index (χ2n) is 10.2. The van der Waals surface area contributed by atoms with E-state index in [9.17, 15) is 15.2 Å². The molecule has 0 saturated heterocycles. The molecule has 0 aromatic heterocycles. The summed E-state index contributed by atoms with van der Waals surface area (Å²) in [5.74, 6) is -0.0902. The third-order valence-electron chi connectivity index (χ3n) is 5.81. The molecule has 0 aliphatic rings. The minimum Gasteiger partial charge on any atom is -0.507 e. The fraction of sp³-hybridized carbons (Fsp3) is 0.708. The molecule has 5 heteroatoms. The topological polar surface area (TPSA) is 76.0 Å². The van der Waals surface area contributed by atoms with Crippen LogP contribution in [-0.2, 0) is 31.7 Å². The molecule has 0 aliphatic carbocycles. The number of rotatable bonds is 8. The Morgan fingerprint density at radius 1 is 1.07 bits per heavy atom. The van der Waals surface area contributed by atoms with Crippen molar-refractivity contribution in [1.29, 1.82) is 0 Å². The third kappa shape index (κ3) is 5.73. The van der Waals surface area contributed by atoms with Gasteiger partial charge in [-0.1, -0.05) is 73.4 Å². The van der Waals surface area contributed by atoms with Crippen molar-refractivity contribution in [2.24, 2.45) is 5.41 Å². The predicted octanol–water partition coefficient (Wildman–Crippen LogP) is 5.76. The van der Waals surface area contributed by atoms with Gasteiger partial charge in [0.1, 0.15) is 17.3 Å². The highest BCUT2D eigenvalue weighted by Crippen LogP contribution is 2.43. The normalized spacial score (nSPS) is 15.7. The Morgan fingerprint density at radius 3 is 1.90 bits per heavy atom. The number of carbonyl (C=O) groups excluding carboxylic acids is 1. The smallest absolute Gasteiger partial charge is 0.314 e. The first-order valence-electron chi connectivity index (χ1n) is 10.5. The number of aromatic hydroxyl groups is 1. The van der Waals surface area contributed by atoms with Gasteiger partial charge in [-0.05, 0) is 47.3 Å². The van der Waals surface area contributed by atoms with Gasteiger partial charge in [-0.15, -0.1) is 0 Å². The van der Waals surface area contributed by atoms with E-state index < -0.39 is 17.5 Å². The van der Waals surface area contributed by atoms with Gasteiger partial charge >= 0.3 is 5.97 Å². The van der Waals surface area contributed by atoms with Crippen molar-refractivity contribution in [3.8, 4) is 5.75 Å². The summed E-state index contributed by atoms with van der Waals surface area (Å²) in [5.41, 5.74) is 1.05. The number of benzene rings is 1. The third-order valence-corrected chi connectivity index (χ3v) is 5.81. The number of hydrogen-bond acceptors (Lipinski definition) is 5. The van der Waals surface area contributed by atoms with Crippen molar-refractivity contribution in [3.05, 3.63) is 28.8 Å². The maximum Gasteiger partial charge on any atom is 0.314 e. The molecule has 1 aromatic rings. The van der Waals surface area contributed by atoms with E-state index in [1.807, 2.05) is 12.1 Å². The quantitative estimate of drug-likeness (QED) is 0.325. The number of hydrogen-bond donors (Lipinski definition) is 2. The fourth-order valence-corrected chi connectivity index (χ4v) is 3.88. The van der Waals surface area contributed by atoms with Gasteiger partial charge in [0, 0.05) is 0 Å². The molecule has 5 nitrogen and oxygen atoms in total. The monoisotopic (exact) mass is 408 g/mol. The Balaban J connectivity index is 3.69. The van der Waals surface area contributed by atoms with E-state index in [0.717, 1.165) is 29.5 Å². The minimum absolute atomic E-state index is 0.267. The van der Waals surface area contributed by atoms with Crippen LogP contribution >= 0.6 is 0 Å². The average Bonchev–Trinajstić information content (AvgIpc) is 2.62. The minimum atomic E-state index is -1.01. The molecule has 2 N–H and O–H groups in total. The first kappa shape index (κ1) is 25.4. The summed E-state index contributed by atoms with van der Waals surface area (Å²) in [5, 5.41) is 20.4. The molecule has 0 heterocycles. The van der Waals surface area contributed by atoms with Crippen LogP contribution in [0.2, 0.25) is 0 Å². The summed E-state index contributed by atoms with van der Waals surface area (Å²) in [7, 11) is 1.37. The van der Waals surface area contributed by atoms with Gasteiger partial charge in [-0.2, -0.15) is 0 Å². The van der Waals surface area contributed by atoms with Crippen molar-refractivity contribution in [1.82, 2.24) is 0 Å². The molecule has 0 saturated carbocycles. The first-order valence-corrected chi connectivity index (χ1v) is 10.5. The SMILES string of the molecule is CCCCC(Cc1cc(C(C)(C)C)c(O)c(C(C)(C)C)c1)(C(=O)OC)C(C)OO. The molecule has 0 bridgehead atoms. The van der Waals surface area contributed by atoms with Gasteiger partial charge in [-0.25, -0.2) is 4.89 Å². The van der Waals surface area contributed by atoms with Crippen LogP contribution in [0.15, 0.2) is 12.1 Å². The van der Waals surface area contributed by atoms with Crippen molar-refractivity contribution in [2.75, 3.05) is 7.11 Å². The lowest BCUT2D eigenvalue weighted by atomic mass is 9.71. The van der Waals surface area contributed by atoms with Gasteiger partial charge in [0.15, 0.2) is 0 Å². The lowest BCUT2D eigenvalue weighted by molar-refractivity contribution is -0.299. The molecule has 166 valence electrons. The van der Waals surface area contributed by atoms with Crippen LogP contribution in [0.25, 0.3) is 0 Å². The maximum atomic E-state index is 12.9. The molecule has 0 aliphatic heterocycles. The van der Waals surface area contributed by atoms with Crippen molar-refractivity contribution in [3.63, 3.8) is 0 Å². The number of unbranched alkanes of at least 4 members (excludes halogenated alkanes) is 1. The van der Waals surface area contributed by atoms with Gasteiger partial charge < -0.3 is 9.84 Å². The van der Waals surface area contributed by atoms with Crippen LogP contribution in [0.1, 0.15) is 91.3 Å². The van der Waals surface area contributed by atoms with E-state index >= 15 is 0 Å². The van der Waals surface area contributed by atoms with Crippen LogP contribution in [0.3, 0.4) is 0 Å². The van der Waals surface area contributed by atoms with Crippen molar-refractivity contribution in [2.45, 2.75) is 98.0 Å². The molecule has 2 atom stereocenters. The number of phenols is 1. The zero-order valence-electron chi connectivity index (χ0n) is 19.7. The van der Waals surface area contributed by atoms with Crippen LogP contribution in [0.4, 0.5) is 0 Å². The van der Waals surface area contributed by atoms with Crippen LogP contribution in [-0.4, -0.2) is 29.5 Å². The molecule has 0 fully saturated rings. The highest BCUT2D eigenvalue weighted by atomic mass is 17.1. The fourth-order valence-electron chi connectivity index (χ4n) is 3.88. The summed E-state index contributed by atoms with van der Waals surface area (Å²) in [6.07, 6.45) is 1.88. The molecule has 2 unspecified atom stereocenters. The first-order chi connectivity index (χ1) is 13.2. The lowest BCUT2D eigenvalue weighted by Crippen LogP contribution is -2.45. The number of ether oxygens (including phenoxy) is 1. The predicted molar refractivity (Wildman–Crippen MR) is 116 cm³/mol. The number of carbonyl (C=O) groups is 1. The summed E-state index contributed by atoms with van der Waals surface area (Å²) in [4.78, 5) is 17.6. The lowest BCUT2D eigenvalue weighted by Gasteiger charge is -2.36. The molecular formula is C24H40O5. The summed E-state index contributed by atoms with van der Waals surface area (Å²) < 4.78 is 5.15. The molecule has 0 radical (unpaired) electrons. The Labute approximate surface area is 176 Å². The molecular weight excluding hydrogens is 368 g/mol. The molecule has 1 rings (SSSR count). The summed E-state index contributed by atoms with van der Waals surface area (Å²) in [6, 6.07) is 3.94. The zero-order chi connectivity index (χ0) is 22.6. The maximum absolute atomic E-state index is 12.9. The van der Waals surface area contributed by atoms with E-state index in [0.29, 0.717) is 18.6 Å². The highest BCUT2D eigenvalue weighted by Gasteiger charge is 2.46. The summed E-state index contributed by atoms with van der Waals surface area (Å²) >= 11 is 0. The van der Waals surface area contributed by atoms with Crippen molar-refractivity contribution < 1.29 is 24.8 Å². The summed E-state index contributed by atoms with van der Waals surface area (Å²) in [6.45, 7) is 16.1. The van der Waals surface area contributed by atoms with Crippen molar-refractivity contribution >= 4 is 5.97 Å². The molecule has 29 heavy (non-hydrogen) atoms. The van der Waals surface area contributed by atoms with Gasteiger partial charge in [-0.3, -0.25) is 10.1 Å². The van der Waals surface area contributed by atoms with E-state index in [1.165, 1.54) is 7.11 Å². The molecule has 1 aromatic carbocycles. The van der Waals surface area contributed by atoms with E-state index in [4.69, 9.17) is 4.74 Å². The average molecular weight is 409 g/mol. The Bertz CT molecular complexity index is 661. The van der Waals surface area contributed by atoms with Gasteiger partial charge in [0.2, 0.25) is 0 Å². The number of esters is 1. The highest BCUT2D eigenvalue weighted by molar-refractivity contribution is 5.78.